The lowest BCUT2D eigenvalue weighted by Gasteiger charge is -2.04. The zero-order valence-corrected chi connectivity index (χ0v) is 9.85. The molecule has 0 fully saturated rings. The van der Waals surface area contributed by atoms with Gasteiger partial charge in [0.25, 0.3) is 11.8 Å². The average molecular weight is 251 g/mol. The van der Waals surface area contributed by atoms with Crippen molar-refractivity contribution in [2.24, 2.45) is 5.10 Å². The molecule has 2 heterocycles. The summed E-state index contributed by atoms with van der Waals surface area (Å²) in [5.74, 6) is -0.804. The third-order valence-electron chi connectivity index (χ3n) is 2.78. The fraction of sp³-hybridized carbons (Fsp3) is 0. The van der Waals surface area contributed by atoms with Gasteiger partial charge in [-0.1, -0.05) is 18.2 Å². The minimum Gasteiger partial charge on any atom is -0.267 e. The lowest BCUT2D eigenvalue weighted by atomic mass is 10.1. The molecule has 0 N–H and O–H groups in total. The van der Waals surface area contributed by atoms with Crippen molar-refractivity contribution < 1.29 is 9.59 Å². The first-order valence-electron chi connectivity index (χ1n) is 5.69. The molecule has 0 aliphatic carbocycles. The van der Waals surface area contributed by atoms with Crippen molar-refractivity contribution >= 4 is 18.0 Å². The highest BCUT2D eigenvalue weighted by Gasteiger charge is 2.35. The van der Waals surface area contributed by atoms with E-state index in [1.165, 1.54) is 6.21 Å². The van der Waals surface area contributed by atoms with Gasteiger partial charge in [0.1, 0.15) is 0 Å². The van der Waals surface area contributed by atoms with Crippen molar-refractivity contribution in [3.8, 4) is 0 Å². The Morgan fingerprint density at radius 2 is 1.68 bits per heavy atom. The molecule has 2 amide bonds. The number of rotatable bonds is 2. The summed E-state index contributed by atoms with van der Waals surface area (Å²) in [6, 6.07) is 10.2. The summed E-state index contributed by atoms with van der Waals surface area (Å²) in [6.45, 7) is 0. The fourth-order valence-electron chi connectivity index (χ4n) is 1.86. The van der Waals surface area contributed by atoms with Crippen LogP contribution >= 0.6 is 0 Å². The van der Waals surface area contributed by atoms with E-state index in [-0.39, 0.29) is 0 Å². The molecule has 0 atom stereocenters. The lowest BCUT2D eigenvalue weighted by Crippen LogP contribution is -2.23. The maximum Gasteiger partial charge on any atom is 0.282 e. The summed E-state index contributed by atoms with van der Waals surface area (Å²) in [6.07, 6.45) is 4.68. The number of carbonyl (C=O) groups excluding carboxylic acids is 2. The summed E-state index contributed by atoms with van der Waals surface area (Å²) in [5.41, 5.74) is 1.49. The molecule has 92 valence electrons. The number of imide groups is 1. The van der Waals surface area contributed by atoms with Gasteiger partial charge in [0.2, 0.25) is 0 Å². The van der Waals surface area contributed by atoms with Gasteiger partial charge in [-0.3, -0.25) is 14.6 Å². The van der Waals surface area contributed by atoms with Crippen molar-refractivity contribution in [3.05, 3.63) is 65.5 Å². The van der Waals surface area contributed by atoms with Crippen LogP contribution in [0.25, 0.3) is 0 Å². The van der Waals surface area contributed by atoms with E-state index in [0.717, 1.165) is 10.6 Å². The van der Waals surface area contributed by atoms with Crippen LogP contribution < -0.4 is 0 Å². The maximum absolute atomic E-state index is 12.0. The lowest BCUT2D eigenvalue weighted by molar-refractivity contribution is 0.0660. The SMILES string of the molecule is O=C1c2ccccc2C(=O)N1/N=C/c1cccnc1. The van der Waals surface area contributed by atoms with E-state index in [0.29, 0.717) is 11.1 Å². The van der Waals surface area contributed by atoms with Crippen LogP contribution in [-0.4, -0.2) is 28.0 Å². The number of nitrogens with zero attached hydrogens (tertiary/aromatic N) is 3. The molecule has 0 spiro atoms. The van der Waals surface area contributed by atoms with Crippen LogP contribution in [0, 0.1) is 0 Å². The van der Waals surface area contributed by atoms with E-state index in [1.807, 2.05) is 0 Å². The molecule has 5 heteroatoms. The summed E-state index contributed by atoms with van der Waals surface area (Å²) < 4.78 is 0. The predicted octanol–water partition coefficient (Wildman–Crippen LogP) is 1.71. The molecule has 19 heavy (non-hydrogen) atoms. The fourth-order valence-corrected chi connectivity index (χ4v) is 1.86. The minimum atomic E-state index is -0.402. The molecule has 1 aliphatic rings. The Hall–Kier alpha value is -2.82. The number of hydrogen-bond acceptors (Lipinski definition) is 4. The third kappa shape index (κ3) is 1.91. The summed E-state index contributed by atoms with van der Waals surface area (Å²) in [7, 11) is 0. The summed E-state index contributed by atoms with van der Waals surface area (Å²) in [5, 5.41) is 4.81. The van der Waals surface area contributed by atoms with Gasteiger partial charge in [-0.25, -0.2) is 0 Å². The molecule has 3 rings (SSSR count). The Kier molecular flexibility index (Phi) is 2.64. The highest BCUT2D eigenvalue weighted by Crippen LogP contribution is 2.22. The normalized spacial score (nSPS) is 14.2. The number of pyridine rings is 1. The number of hydrogen-bond donors (Lipinski definition) is 0. The second-order valence-electron chi connectivity index (χ2n) is 4.00. The van der Waals surface area contributed by atoms with Gasteiger partial charge < -0.3 is 0 Å². The van der Waals surface area contributed by atoms with Crippen LogP contribution in [0.15, 0.2) is 53.9 Å². The number of hydrazone groups is 1. The van der Waals surface area contributed by atoms with Crippen LogP contribution in [0.5, 0.6) is 0 Å². The van der Waals surface area contributed by atoms with Crippen molar-refractivity contribution in [2.45, 2.75) is 0 Å². The molecule has 1 aliphatic heterocycles. The molecule has 0 saturated carbocycles. The molecular weight excluding hydrogens is 242 g/mol. The maximum atomic E-state index is 12.0. The van der Waals surface area contributed by atoms with E-state index < -0.39 is 11.8 Å². The number of benzene rings is 1. The van der Waals surface area contributed by atoms with E-state index in [1.54, 1.807) is 48.8 Å². The van der Waals surface area contributed by atoms with Gasteiger partial charge in [0.15, 0.2) is 0 Å². The van der Waals surface area contributed by atoms with Gasteiger partial charge in [-0.15, -0.1) is 0 Å². The molecule has 0 bridgehead atoms. The molecule has 2 aromatic rings. The molecule has 0 unspecified atom stereocenters. The van der Waals surface area contributed by atoms with Crippen LogP contribution in [0.4, 0.5) is 0 Å². The average Bonchev–Trinajstić information content (AvgIpc) is 2.71. The topological polar surface area (TPSA) is 62.6 Å². The standard InChI is InChI=1S/C14H9N3O2/c18-13-11-5-1-2-6-12(11)14(19)17(13)16-9-10-4-3-7-15-8-10/h1-9H/b16-9+. The highest BCUT2D eigenvalue weighted by atomic mass is 16.2. The van der Waals surface area contributed by atoms with Gasteiger partial charge >= 0.3 is 0 Å². The van der Waals surface area contributed by atoms with Gasteiger partial charge in [0.05, 0.1) is 17.3 Å². The first kappa shape index (κ1) is 11.3. The highest BCUT2D eigenvalue weighted by molar-refractivity contribution is 6.21. The zero-order chi connectivity index (χ0) is 13.2. The first-order valence-corrected chi connectivity index (χ1v) is 5.69. The largest absolute Gasteiger partial charge is 0.282 e. The van der Waals surface area contributed by atoms with Crippen LogP contribution in [0.2, 0.25) is 0 Å². The molecule has 0 radical (unpaired) electrons. The van der Waals surface area contributed by atoms with Crippen LogP contribution in [-0.2, 0) is 0 Å². The Balaban J connectivity index is 1.91. The summed E-state index contributed by atoms with van der Waals surface area (Å²) >= 11 is 0. The quantitative estimate of drug-likeness (QED) is 0.603. The second kappa shape index (κ2) is 4.45. The minimum absolute atomic E-state index is 0.385. The van der Waals surface area contributed by atoms with Crippen molar-refractivity contribution in [3.63, 3.8) is 0 Å². The molecule has 1 aromatic heterocycles. The molecule has 5 nitrogen and oxygen atoms in total. The molecule has 1 aromatic carbocycles. The number of carbonyl (C=O) groups is 2. The summed E-state index contributed by atoms with van der Waals surface area (Å²) in [4.78, 5) is 27.9. The Morgan fingerprint density at radius 3 is 2.26 bits per heavy atom. The zero-order valence-electron chi connectivity index (χ0n) is 9.85. The van der Waals surface area contributed by atoms with E-state index in [9.17, 15) is 9.59 Å². The number of aromatic nitrogens is 1. The van der Waals surface area contributed by atoms with Crippen molar-refractivity contribution in [1.82, 2.24) is 9.99 Å². The van der Waals surface area contributed by atoms with Crippen LogP contribution in [0.3, 0.4) is 0 Å². The van der Waals surface area contributed by atoms with E-state index in [2.05, 4.69) is 10.1 Å². The number of amides is 2. The Labute approximate surface area is 109 Å². The molecular formula is C14H9N3O2. The molecule has 0 saturated heterocycles. The van der Waals surface area contributed by atoms with E-state index in [4.69, 9.17) is 0 Å². The Bertz CT molecular complexity index is 645. The van der Waals surface area contributed by atoms with Crippen molar-refractivity contribution in [2.75, 3.05) is 0 Å². The smallest absolute Gasteiger partial charge is 0.267 e. The monoisotopic (exact) mass is 251 g/mol. The second-order valence-corrected chi connectivity index (χ2v) is 4.00. The van der Waals surface area contributed by atoms with Gasteiger partial charge in [-0.2, -0.15) is 10.1 Å². The van der Waals surface area contributed by atoms with Gasteiger partial charge in [0, 0.05) is 18.0 Å². The van der Waals surface area contributed by atoms with Gasteiger partial charge in [-0.05, 0) is 18.2 Å². The number of fused-ring (bicyclic) bond motifs is 1. The predicted molar refractivity (Wildman–Crippen MR) is 68.8 cm³/mol. The van der Waals surface area contributed by atoms with Crippen molar-refractivity contribution in [1.29, 1.82) is 0 Å². The van der Waals surface area contributed by atoms with E-state index >= 15 is 0 Å². The Morgan fingerprint density at radius 1 is 1.00 bits per heavy atom. The van der Waals surface area contributed by atoms with Crippen LogP contribution in [0.1, 0.15) is 26.3 Å². The first-order chi connectivity index (χ1) is 9.27. The third-order valence-corrected chi connectivity index (χ3v) is 2.78.